The van der Waals surface area contributed by atoms with Crippen LogP contribution in [0.2, 0.25) is 0 Å². The number of nitrogens with zero attached hydrogens (tertiary/aromatic N) is 1. The molecule has 0 spiro atoms. The first-order chi connectivity index (χ1) is 23.6. The number of amides is 1. The number of nitrogens with one attached hydrogen (secondary N) is 1. The summed E-state index contributed by atoms with van der Waals surface area (Å²) in [6.45, 7) is 2.30. The lowest BCUT2D eigenvalue weighted by Gasteiger charge is -2.37. The first kappa shape index (κ1) is 31.1. The molecule has 0 aromatic heterocycles. The molecule has 4 heteroatoms. The van der Waals surface area contributed by atoms with Crippen molar-refractivity contribution in [2.75, 3.05) is 18.0 Å². The van der Waals surface area contributed by atoms with Gasteiger partial charge in [0.25, 0.3) is 0 Å². The minimum absolute atomic E-state index is 0.0968. The molecule has 1 unspecified atom stereocenters. The highest BCUT2D eigenvalue weighted by atomic mass is 16.2. The van der Waals surface area contributed by atoms with Crippen LogP contribution < -0.4 is 10.2 Å². The zero-order chi connectivity index (χ0) is 32.7. The average molecular weight is 629 g/mol. The molecule has 1 amide bonds. The highest BCUT2D eigenvalue weighted by Crippen LogP contribution is 2.35. The van der Waals surface area contributed by atoms with Crippen LogP contribution in [-0.4, -0.2) is 24.8 Å². The van der Waals surface area contributed by atoms with Crippen LogP contribution in [0.5, 0.6) is 0 Å². The van der Waals surface area contributed by atoms with E-state index in [0.29, 0.717) is 13.0 Å². The summed E-state index contributed by atoms with van der Waals surface area (Å²) in [5.41, 5.74) is 7.15. The molecule has 7 rings (SSSR count). The molecule has 6 aromatic rings. The second-order valence-electron chi connectivity index (χ2n) is 12.8. The molecule has 0 bridgehead atoms. The Morgan fingerprint density at radius 3 is 2.02 bits per heavy atom. The van der Waals surface area contributed by atoms with Crippen molar-refractivity contribution >= 4 is 28.2 Å². The van der Waals surface area contributed by atoms with Crippen molar-refractivity contribution in [2.45, 2.75) is 31.7 Å². The molecule has 238 valence electrons. The SMILES string of the molecule is O=C(Cc1ccc(N2CCC(C(C(=O)NCc3ccccc3)c3ccccc3)CC2)cc1)c1ccccc1-c1cccc2ccccc12. The van der Waals surface area contributed by atoms with E-state index in [1.165, 1.54) is 5.39 Å². The summed E-state index contributed by atoms with van der Waals surface area (Å²) < 4.78 is 0. The number of carbonyl (C=O) groups excluding carboxylic acids is 2. The molecule has 1 aliphatic rings. The van der Waals surface area contributed by atoms with E-state index >= 15 is 0 Å². The van der Waals surface area contributed by atoms with Crippen LogP contribution in [0.1, 0.15) is 45.8 Å². The Kier molecular flexibility index (Phi) is 9.42. The fraction of sp³-hybridized carbons (Fsp3) is 0.182. The second kappa shape index (κ2) is 14.5. The monoisotopic (exact) mass is 628 g/mol. The summed E-state index contributed by atoms with van der Waals surface area (Å²) in [4.78, 5) is 29.7. The van der Waals surface area contributed by atoms with Gasteiger partial charge < -0.3 is 10.2 Å². The van der Waals surface area contributed by atoms with Gasteiger partial charge in [-0.2, -0.15) is 0 Å². The van der Waals surface area contributed by atoms with Crippen LogP contribution in [-0.2, 0) is 17.8 Å². The van der Waals surface area contributed by atoms with E-state index in [4.69, 9.17) is 0 Å². The Bertz CT molecular complexity index is 1990. The Balaban J connectivity index is 1.01. The lowest BCUT2D eigenvalue weighted by Crippen LogP contribution is -2.40. The van der Waals surface area contributed by atoms with Gasteiger partial charge in [0.05, 0.1) is 5.92 Å². The molecule has 1 saturated heterocycles. The first-order valence-electron chi connectivity index (χ1n) is 16.9. The molecular formula is C44H40N2O2. The van der Waals surface area contributed by atoms with E-state index in [2.05, 4.69) is 83.0 Å². The number of Topliss-reactive ketones (excluding diaryl/α,β-unsaturated/α-hetero) is 1. The third-order valence-corrected chi connectivity index (χ3v) is 9.74. The molecular weight excluding hydrogens is 588 g/mol. The van der Waals surface area contributed by atoms with Crippen molar-refractivity contribution in [1.29, 1.82) is 0 Å². The summed E-state index contributed by atoms with van der Waals surface area (Å²) in [5, 5.41) is 5.53. The van der Waals surface area contributed by atoms with Gasteiger partial charge in [-0.15, -0.1) is 0 Å². The van der Waals surface area contributed by atoms with E-state index in [-0.39, 0.29) is 23.5 Å². The summed E-state index contributed by atoms with van der Waals surface area (Å²) in [6.07, 6.45) is 2.22. The quantitative estimate of drug-likeness (QED) is 0.154. The summed E-state index contributed by atoms with van der Waals surface area (Å²) in [6, 6.07) is 51.3. The Morgan fingerprint density at radius 2 is 1.25 bits per heavy atom. The molecule has 0 aliphatic carbocycles. The predicted octanol–water partition coefficient (Wildman–Crippen LogP) is 9.25. The van der Waals surface area contributed by atoms with Gasteiger partial charge in [-0.05, 0) is 69.5 Å². The normalized spacial score (nSPS) is 14.0. The average Bonchev–Trinajstić information content (AvgIpc) is 3.15. The van der Waals surface area contributed by atoms with Gasteiger partial charge in [-0.25, -0.2) is 0 Å². The minimum Gasteiger partial charge on any atom is -0.372 e. The third kappa shape index (κ3) is 6.94. The van der Waals surface area contributed by atoms with Crippen LogP contribution in [0.15, 0.2) is 152 Å². The molecule has 0 radical (unpaired) electrons. The van der Waals surface area contributed by atoms with Gasteiger partial charge in [0.15, 0.2) is 5.78 Å². The standard InChI is InChI=1S/C44H40N2O2/c47-42(41-20-10-9-19-40(41)39-21-11-17-34-14-7-8-18-38(34)39)30-32-22-24-37(25-23-32)46-28-26-36(27-29-46)43(35-15-5-2-6-16-35)44(48)45-31-33-12-3-1-4-13-33/h1-25,36,43H,26-31H2,(H,45,48). The highest BCUT2D eigenvalue weighted by Gasteiger charge is 2.32. The van der Waals surface area contributed by atoms with Crippen LogP contribution in [0, 0.1) is 5.92 Å². The molecule has 6 aromatic carbocycles. The highest BCUT2D eigenvalue weighted by molar-refractivity contribution is 6.07. The van der Waals surface area contributed by atoms with E-state index in [1.807, 2.05) is 78.9 Å². The van der Waals surface area contributed by atoms with E-state index in [9.17, 15) is 9.59 Å². The van der Waals surface area contributed by atoms with Crippen LogP contribution >= 0.6 is 0 Å². The summed E-state index contributed by atoms with van der Waals surface area (Å²) >= 11 is 0. The number of anilines is 1. The first-order valence-corrected chi connectivity index (χ1v) is 16.9. The van der Waals surface area contributed by atoms with Crippen LogP contribution in [0.3, 0.4) is 0 Å². The Hall–Kier alpha value is -5.48. The Morgan fingerprint density at radius 1 is 0.625 bits per heavy atom. The van der Waals surface area contributed by atoms with Gasteiger partial charge >= 0.3 is 0 Å². The van der Waals surface area contributed by atoms with Crippen molar-refractivity contribution in [3.8, 4) is 11.1 Å². The van der Waals surface area contributed by atoms with E-state index in [0.717, 1.165) is 70.4 Å². The molecule has 1 N–H and O–H groups in total. The number of ketones is 1. The van der Waals surface area contributed by atoms with Gasteiger partial charge in [-0.1, -0.05) is 140 Å². The maximum atomic E-state index is 13.7. The molecule has 48 heavy (non-hydrogen) atoms. The molecule has 1 aliphatic heterocycles. The third-order valence-electron chi connectivity index (χ3n) is 9.74. The van der Waals surface area contributed by atoms with Crippen LogP contribution in [0.25, 0.3) is 21.9 Å². The molecule has 1 atom stereocenters. The van der Waals surface area contributed by atoms with Gasteiger partial charge in [-0.3, -0.25) is 9.59 Å². The zero-order valence-electron chi connectivity index (χ0n) is 27.1. The minimum atomic E-state index is -0.179. The fourth-order valence-electron chi connectivity index (χ4n) is 7.21. The van der Waals surface area contributed by atoms with Crippen molar-refractivity contribution in [2.24, 2.45) is 5.92 Å². The summed E-state index contributed by atoms with van der Waals surface area (Å²) in [7, 11) is 0. The van der Waals surface area contributed by atoms with Crippen molar-refractivity contribution in [1.82, 2.24) is 5.32 Å². The second-order valence-corrected chi connectivity index (χ2v) is 12.8. The number of carbonyl (C=O) groups is 2. The van der Waals surface area contributed by atoms with Gasteiger partial charge in [0.2, 0.25) is 5.91 Å². The smallest absolute Gasteiger partial charge is 0.228 e. The predicted molar refractivity (Wildman–Crippen MR) is 196 cm³/mol. The largest absolute Gasteiger partial charge is 0.372 e. The topological polar surface area (TPSA) is 49.4 Å². The number of fused-ring (bicyclic) bond motifs is 1. The number of rotatable bonds is 10. The van der Waals surface area contributed by atoms with Crippen molar-refractivity contribution in [3.63, 3.8) is 0 Å². The number of benzene rings is 6. The molecule has 1 fully saturated rings. The van der Waals surface area contributed by atoms with Crippen molar-refractivity contribution in [3.05, 3.63) is 174 Å². The zero-order valence-corrected chi connectivity index (χ0v) is 27.1. The molecule has 0 saturated carbocycles. The maximum Gasteiger partial charge on any atom is 0.228 e. The van der Waals surface area contributed by atoms with Gasteiger partial charge in [0, 0.05) is 37.3 Å². The molecule has 1 heterocycles. The van der Waals surface area contributed by atoms with E-state index in [1.54, 1.807) is 0 Å². The fourth-order valence-corrected chi connectivity index (χ4v) is 7.21. The lowest BCUT2D eigenvalue weighted by atomic mass is 9.79. The number of hydrogen-bond acceptors (Lipinski definition) is 3. The summed E-state index contributed by atoms with van der Waals surface area (Å²) in [5.74, 6) is 0.296. The van der Waals surface area contributed by atoms with E-state index < -0.39 is 0 Å². The number of hydrogen-bond donors (Lipinski definition) is 1. The lowest BCUT2D eigenvalue weighted by molar-refractivity contribution is -0.124. The maximum absolute atomic E-state index is 13.7. The van der Waals surface area contributed by atoms with Crippen LogP contribution in [0.4, 0.5) is 5.69 Å². The van der Waals surface area contributed by atoms with Gasteiger partial charge in [0.1, 0.15) is 0 Å². The molecule has 4 nitrogen and oxygen atoms in total. The van der Waals surface area contributed by atoms with Crippen molar-refractivity contribution < 1.29 is 9.59 Å². The number of piperidine rings is 1. The Labute approximate surface area is 283 Å².